The summed E-state index contributed by atoms with van der Waals surface area (Å²) in [7, 11) is -2.02. The lowest BCUT2D eigenvalue weighted by Crippen LogP contribution is -2.49. The standard InChI is InChI=1S/C20H23N3O5S/c1-15-3-8-19-18(13-15)23(20(24)28-19)14-21-9-11-22(12-10-21)29(25,26)17-6-4-16(27-2)5-7-17/h3-8,13H,9-12,14H2,1-2H3. The third-order valence-corrected chi connectivity index (χ3v) is 7.11. The highest BCUT2D eigenvalue weighted by molar-refractivity contribution is 7.89. The molecule has 3 aromatic rings. The van der Waals surface area contributed by atoms with Crippen molar-refractivity contribution >= 4 is 21.1 Å². The summed E-state index contributed by atoms with van der Waals surface area (Å²) in [6.07, 6.45) is 0. The van der Waals surface area contributed by atoms with E-state index >= 15 is 0 Å². The van der Waals surface area contributed by atoms with E-state index in [4.69, 9.17) is 9.15 Å². The first-order chi connectivity index (χ1) is 13.9. The zero-order valence-electron chi connectivity index (χ0n) is 16.4. The van der Waals surface area contributed by atoms with Gasteiger partial charge in [0.05, 0.1) is 24.2 Å². The maximum atomic E-state index is 12.9. The number of fused-ring (bicyclic) bond motifs is 1. The molecule has 0 aliphatic carbocycles. The number of aromatic nitrogens is 1. The molecule has 1 fully saturated rings. The Morgan fingerprint density at radius 3 is 2.38 bits per heavy atom. The molecule has 2 heterocycles. The van der Waals surface area contributed by atoms with Crippen LogP contribution in [-0.2, 0) is 16.7 Å². The number of benzene rings is 2. The van der Waals surface area contributed by atoms with Gasteiger partial charge < -0.3 is 9.15 Å². The van der Waals surface area contributed by atoms with Crippen LogP contribution in [-0.4, -0.2) is 55.5 Å². The van der Waals surface area contributed by atoms with Crippen LogP contribution in [0.25, 0.3) is 11.1 Å². The third kappa shape index (κ3) is 3.81. The minimum atomic E-state index is -3.56. The summed E-state index contributed by atoms with van der Waals surface area (Å²) in [6.45, 7) is 4.10. The molecule has 4 rings (SSSR count). The zero-order valence-corrected chi connectivity index (χ0v) is 17.2. The highest BCUT2D eigenvalue weighted by atomic mass is 32.2. The summed E-state index contributed by atoms with van der Waals surface area (Å²) >= 11 is 0. The molecule has 0 N–H and O–H groups in total. The lowest BCUT2D eigenvalue weighted by atomic mass is 10.2. The number of nitrogens with zero attached hydrogens (tertiary/aromatic N) is 3. The first-order valence-electron chi connectivity index (χ1n) is 9.35. The molecule has 0 spiro atoms. The van der Waals surface area contributed by atoms with Gasteiger partial charge in [0.1, 0.15) is 5.75 Å². The highest BCUT2D eigenvalue weighted by Gasteiger charge is 2.29. The zero-order chi connectivity index (χ0) is 20.6. The summed E-state index contributed by atoms with van der Waals surface area (Å²) in [5.41, 5.74) is 2.35. The van der Waals surface area contributed by atoms with Crippen molar-refractivity contribution in [3.8, 4) is 5.75 Å². The Labute approximate surface area is 168 Å². The summed E-state index contributed by atoms with van der Waals surface area (Å²) in [5, 5.41) is 0. The smallest absolute Gasteiger partial charge is 0.421 e. The first-order valence-corrected chi connectivity index (χ1v) is 10.8. The number of piperazine rings is 1. The Kier molecular flexibility index (Phi) is 5.20. The molecule has 1 saturated heterocycles. The second-order valence-electron chi connectivity index (χ2n) is 7.11. The van der Waals surface area contributed by atoms with Crippen molar-refractivity contribution in [2.24, 2.45) is 0 Å². The lowest BCUT2D eigenvalue weighted by Gasteiger charge is -2.33. The lowest BCUT2D eigenvalue weighted by molar-refractivity contribution is 0.150. The Balaban J connectivity index is 1.46. The van der Waals surface area contributed by atoms with E-state index in [-0.39, 0.29) is 4.90 Å². The SMILES string of the molecule is COc1ccc(S(=O)(=O)N2CCN(Cn3c(=O)oc4ccc(C)cc43)CC2)cc1. The van der Waals surface area contributed by atoms with E-state index in [1.54, 1.807) is 42.0 Å². The number of hydrogen-bond donors (Lipinski definition) is 0. The van der Waals surface area contributed by atoms with Gasteiger partial charge in [-0.15, -0.1) is 0 Å². The maximum absolute atomic E-state index is 12.9. The Bertz CT molecular complexity index is 1170. The first kappa shape index (κ1) is 19.7. The molecule has 9 heteroatoms. The molecule has 0 bridgehead atoms. The van der Waals surface area contributed by atoms with E-state index < -0.39 is 15.8 Å². The van der Waals surface area contributed by atoms with Crippen LogP contribution >= 0.6 is 0 Å². The van der Waals surface area contributed by atoms with Crippen LogP contribution in [0.5, 0.6) is 5.75 Å². The Morgan fingerprint density at radius 2 is 1.72 bits per heavy atom. The fourth-order valence-electron chi connectivity index (χ4n) is 3.51. The van der Waals surface area contributed by atoms with E-state index in [0.29, 0.717) is 44.2 Å². The molecule has 0 amide bonds. The Hall–Kier alpha value is -2.62. The van der Waals surface area contributed by atoms with Gasteiger partial charge >= 0.3 is 5.76 Å². The number of oxazole rings is 1. The second kappa shape index (κ2) is 7.66. The van der Waals surface area contributed by atoms with Gasteiger partial charge in [0, 0.05) is 26.2 Å². The van der Waals surface area contributed by atoms with E-state index in [1.165, 1.54) is 4.31 Å². The van der Waals surface area contributed by atoms with E-state index in [9.17, 15) is 13.2 Å². The molecule has 154 valence electrons. The fraction of sp³-hybridized carbons (Fsp3) is 0.350. The minimum Gasteiger partial charge on any atom is -0.497 e. The third-order valence-electron chi connectivity index (χ3n) is 5.19. The second-order valence-corrected chi connectivity index (χ2v) is 9.04. The predicted molar refractivity (Wildman–Crippen MR) is 109 cm³/mol. The van der Waals surface area contributed by atoms with Gasteiger partial charge in [-0.1, -0.05) is 6.07 Å². The van der Waals surface area contributed by atoms with Crippen LogP contribution < -0.4 is 10.5 Å². The molecule has 0 radical (unpaired) electrons. The van der Waals surface area contributed by atoms with E-state index in [2.05, 4.69) is 4.90 Å². The van der Waals surface area contributed by atoms with Gasteiger partial charge in [-0.25, -0.2) is 13.2 Å². The van der Waals surface area contributed by atoms with Gasteiger partial charge in [0.15, 0.2) is 5.58 Å². The summed E-state index contributed by atoms with van der Waals surface area (Å²) < 4.78 is 39.2. The molecular formula is C20H23N3O5S. The number of methoxy groups -OCH3 is 1. The van der Waals surface area contributed by atoms with Crippen molar-refractivity contribution in [3.05, 3.63) is 58.6 Å². The summed E-state index contributed by atoms with van der Waals surface area (Å²) in [4.78, 5) is 14.5. The van der Waals surface area contributed by atoms with Crippen molar-refractivity contribution in [1.82, 2.24) is 13.8 Å². The van der Waals surface area contributed by atoms with Crippen LogP contribution in [0.15, 0.2) is 56.6 Å². The molecule has 2 aromatic carbocycles. The van der Waals surface area contributed by atoms with Crippen molar-refractivity contribution in [1.29, 1.82) is 0 Å². The van der Waals surface area contributed by atoms with Crippen molar-refractivity contribution in [2.75, 3.05) is 33.3 Å². The van der Waals surface area contributed by atoms with Gasteiger partial charge in [-0.3, -0.25) is 9.47 Å². The van der Waals surface area contributed by atoms with Crippen LogP contribution in [0.1, 0.15) is 5.56 Å². The average Bonchev–Trinajstić information content (AvgIpc) is 3.03. The van der Waals surface area contributed by atoms with Crippen LogP contribution in [0, 0.1) is 6.92 Å². The fourth-order valence-corrected chi connectivity index (χ4v) is 4.94. The molecule has 8 nitrogen and oxygen atoms in total. The normalized spacial score (nSPS) is 16.3. The van der Waals surface area contributed by atoms with Crippen LogP contribution in [0.3, 0.4) is 0 Å². The number of sulfonamides is 1. The quantitative estimate of drug-likeness (QED) is 0.630. The van der Waals surface area contributed by atoms with Crippen LogP contribution in [0.2, 0.25) is 0 Å². The predicted octanol–water partition coefficient (Wildman–Crippen LogP) is 1.88. The van der Waals surface area contributed by atoms with E-state index in [1.807, 2.05) is 19.1 Å². The number of ether oxygens (including phenoxy) is 1. The minimum absolute atomic E-state index is 0.249. The van der Waals surface area contributed by atoms with Crippen molar-refractivity contribution in [2.45, 2.75) is 18.5 Å². The highest BCUT2D eigenvalue weighted by Crippen LogP contribution is 2.21. The van der Waals surface area contributed by atoms with Crippen molar-refractivity contribution in [3.63, 3.8) is 0 Å². The average molecular weight is 417 g/mol. The van der Waals surface area contributed by atoms with Gasteiger partial charge in [0.2, 0.25) is 10.0 Å². The van der Waals surface area contributed by atoms with Gasteiger partial charge in [0.25, 0.3) is 0 Å². The number of rotatable bonds is 5. The van der Waals surface area contributed by atoms with Crippen molar-refractivity contribution < 1.29 is 17.6 Å². The van der Waals surface area contributed by atoms with Crippen LogP contribution in [0.4, 0.5) is 0 Å². The Morgan fingerprint density at radius 1 is 1.03 bits per heavy atom. The number of aryl methyl sites for hydroxylation is 1. The molecule has 0 unspecified atom stereocenters. The summed E-state index contributed by atoms with van der Waals surface area (Å²) in [5.74, 6) is 0.209. The summed E-state index contributed by atoms with van der Waals surface area (Å²) in [6, 6.07) is 12.0. The molecule has 1 aromatic heterocycles. The van der Waals surface area contributed by atoms with E-state index in [0.717, 1.165) is 11.1 Å². The molecular weight excluding hydrogens is 394 g/mol. The molecule has 0 atom stereocenters. The topological polar surface area (TPSA) is 85.0 Å². The van der Waals surface area contributed by atoms with Gasteiger partial charge in [-0.05, 0) is 48.9 Å². The molecule has 1 aliphatic rings. The van der Waals surface area contributed by atoms with Gasteiger partial charge in [-0.2, -0.15) is 4.31 Å². The monoisotopic (exact) mass is 417 g/mol. The maximum Gasteiger partial charge on any atom is 0.421 e. The molecule has 29 heavy (non-hydrogen) atoms. The largest absolute Gasteiger partial charge is 0.497 e. The molecule has 0 saturated carbocycles. The number of hydrogen-bond acceptors (Lipinski definition) is 6. The molecule has 1 aliphatic heterocycles.